The van der Waals surface area contributed by atoms with Gasteiger partial charge in [-0.15, -0.1) is 10.2 Å². The predicted octanol–water partition coefficient (Wildman–Crippen LogP) is 2.86. The van der Waals surface area contributed by atoms with Crippen molar-refractivity contribution in [3.63, 3.8) is 0 Å². The standard InChI is InChI=1S/C12H8BrN3O/c13-9-4-1-3-8(7-9)11-14-15-12-10(17)5-2-6-16(11)12/h1-7,17H. The number of aromatic hydroxyl groups is 1. The highest BCUT2D eigenvalue weighted by molar-refractivity contribution is 9.10. The van der Waals surface area contributed by atoms with Crippen molar-refractivity contribution in [3.8, 4) is 17.1 Å². The Kier molecular flexibility index (Phi) is 2.33. The first-order chi connectivity index (χ1) is 8.25. The molecule has 1 aromatic carbocycles. The third-order valence-electron chi connectivity index (χ3n) is 2.50. The smallest absolute Gasteiger partial charge is 0.203 e. The zero-order chi connectivity index (χ0) is 11.8. The molecule has 0 fully saturated rings. The minimum absolute atomic E-state index is 0.126. The Bertz CT molecular complexity index is 693. The predicted molar refractivity (Wildman–Crippen MR) is 67.8 cm³/mol. The minimum atomic E-state index is 0.126. The van der Waals surface area contributed by atoms with Crippen molar-refractivity contribution < 1.29 is 5.11 Å². The van der Waals surface area contributed by atoms with Gasteiger partial charge in [0.1, 0.15) is 0 Å². The van der Waals surface area contributed by atoms with Crippen LogP contribution in [0.3, 0.4) is 0 Å². The van der Waals surface area contributed by atoms with E-state index < -0.39 is 0 Å². The molecule has 0 bridgehead atoms. The van der Waals surface area contributed by atoms with Crippen molar-refractivity contribution in [2.24, 2.45) is 0 Å². The maximum Gasteiger partial charge on any atom is 0.203 e. The molecule has 0 amide bonds. The lowest BCUT2D eigenvalue weighted by Gasteiger charge is -2.00. The molecule has 0 aliphatic heterocycles. The van der Waals surface area contributed by atoms with Crippen LogP contribution < -0.4 is 0 Å². The van der Waals surface area contributed by atoms with E-state index in [1.54, 1.807) is 16.5 Å². The molecule has 4 nitrogen and oxygen atoms in total. The molecule has 0 unspecified atom stereocenters. The second-order valence-electron chi connectivity index (χ2n) is 3.62. The summed E-state index contributed by atoms with van der Waals surface area (Å²) in [4.78, 5) is 0. The van der Waals surface area contributed by atoms with E-state index in [-0.39, 0.29) is 5.75 Å². The second kappa shape index (κ2) is 3.85. The molecule has 0 saturated heterocycles. The zero-order valence-electron chi connectivity index (χ0n) is 8.71. The number of hydrogen-bond acceptors (Lipinski definition) is 3. The molecule has 0 radical (unpaired) electrons. The zero-order valence-corrected chi connectivity index (χ0v) is 10.3. The quantitative estimate of drug-likeness (QED) is 0.749. The van der Waals surface area contributed by atoms with E-state index in [2.05, 4.69) is 26.1 Å². The van der Waals surface area contributed by atoms with Gasteiger partial charge in [0.05, 0.1) is 0 Å². The summed E-state index contributed by atoms with van der Waals surface area (Å²) in [5.74, 6) is 0.832. The molecule has 0 aliphatic rings. The molecule has 0 spiro atoms. The number of aromatic nitrogens is 3. The van der Waals surface area contributed by atoms with Gasteiger partial charge in [0, 0.05) is 16.2 Å². The Morgan fingerprint density at radius 2 is 2.00 bits per heavy atom. The van der Waals surface area contributed by atoms with Crippen LogP contribution in [-0.2, 0) is 0 Å². The van der Waals surface area contributed by atoms with Crippen LogP contribution >= 0.6 is 15.9 Å². The summed E-state index contributed by atoms with van der Waals surface area (Å²) in [6.07, 6.45) is 1.82. The lowest BCUT2D eigenvalue weighted by atomic mass is 10.2. The van der Waals surface area contributed by atoms with Gasteiger partial charge in [-0.25, -0.2) is 0 Å². The number of nitrogens with zero attached hydrogens (tertiary/aromatic N) is 3. The molecular formula is C12H8BrN3O. The lowest BCUT2D eigenvalue weighted by molar-refractivity contribution is 0.477. The van der Waals surface area contributed by atoms with Crippen molar-refractivity contribution in [2.45, 2.75) is 0 Å². The number of benzene rings is 1. The van der Waals surface area contributed by atoms with E-state index >= 15 is 0 Å². The van der Waals surface area contributed by atoms with E-state index in [9.17, 15) is 5.11 Å². The van der Waals surface area contributed by atoms with Gasteiger partial charge in [-0.1, -0.05) is 28.1 Å². The Labute approximate surface area is 106 Å². The van der Waals surface area contributed by atoms with Gasteiger partial charge < -0.3 is 5.11 Å². The normalized spacial score (nSPS) is 10.9. The molecule has 5 heteroatoms. The number of hydrogen-bond donors (Lipinski definition) is 1. The largest absolute Gasteiger partial charge is 0.504 e. The molecule has 3 rings (SSSR count). The fraction of sp³-hybridized carbons (Fsp3) is 0. The molecule has 0 atom stereocenters. The Hall–Kier alpha value is -1.88. The molecular weight excluding hydrogens is 282 g/mol. The van der Waals surface area contributed by atoms with Crippen molar-refractivity contribution >= 4 is 21.6 Å². The summed E-state index contributed by atoms with van der Waals surface area (Å²) in [5, 5.41) is 17.7. The number of fused-ring (bicyclic) bond motifs is 1. The SMILES string of the molecule is Oc1cccn2c(-c3cccc(Br)c3)nnc12. The van der Waals surface area contributed by atoms with Crippen LogP contribution in [0.4, 0.5) is 0 Å². The van der Waals surface area contributed by atoms with Crippen LogP contribution in [0, 0.1) is 0 Å². The summed E-state index contributed by atoms with van der Waals surface area (Å²) in [6, 6.07) is 11.1. The minimum Gasteiger partial charge on any atom is -0.504 e. The third kappa shape index (κ3) is 1.68. The molecule has 2 aromatic heterocycles. The van der Waals surface area contributed by atoms with Crippen LogP contribution in [0.25, 0.3) is 17.0 Å². The molecule has 84 valence electrons. The lowest BCUT2D eigenvalue weighted by Crippen LogP contribution is -1.88. The van der Waals surface area contributed by atoms with Gasteiger partial charge in [-0.05, 0) is 24.3 Å². The van der Waals surface area contributed by atoms with E-state index in [1.807, 2.05) is 30.5 Å². The third-order valence-corrected chi connectivity index (χ3v) is 2.99. The van der Waals surface area contributed by atoms with Crippen LogP contribution in [0.2, 0.25) is 0 Å². The maximum atomic E-state index is 9.65. The first kappa shape index (κ1) is 10.3. The summed E-state index contributed by atoms with van der Waals surface area (Å²) in [7, 11) is 0. The molecule has 3 aromatic rings. The van der Waals surface area contributed by atoms with Gasteiger partial charge in [0.2, 0.25) is 5.65 Å². The first-order valence-electron chi connectivity index (χ1n) is 5.04. The van der Waals surface area contributed by atoms with Crippen LogP contribution in [0.15, 0.2) is 47.1 Å². The summed E-state index contributed by atoms with van der Waals surface area (Å²) < 4.78 is 2.74. The first-order valence-corrected chi connectivity index (χ1v) is 5.83. The fourth-order valence-corrected chi connectivity index (χ4v) is 2.13. The molecule has 0 saturated carbocycles. The van der Waals surface area contributed by atoms with Gasteiger partial charge >= 0.3 is 0 Å². The second-order valence-corrected chi connectivity index (χ2v) is 4.54. The fourth-order valence-electron chi connectivity index (χ4n) is 1.73. The Morgan fingerprint density at radius 1 is 1.12 bits per heavy atom. The highest BCUT2D eigenvalue weighted by Crippen LogP contribution is 2.24. The van der Waals surface area contributed by atoms with Crippen molar-refractivity contribution in [3.05, 3.63) is 47.1 Å². The van der Waals surface area contributed by atoms with Crippen LogP contribution in [-0.4, -0.2) is 19.7 Å². The average molecular weight is 290 g/mol. The topological polar surface area (TPSA) is 50.4 Å². The van der Waals surface area contributed by atoms with Crippen molar-refractivity contribution in [1.82, 2.24) is 14.6 Å². The van der Waals surface area contributed by atoms with E-state index in [0.29, 0.717) is 11.5 Å². The van der Waals surface area contributed by atoms with E-state index in [0.717, 1.165) is 10.0 Å². The number of rotatable bonds is 1. The van der Waals surface area contributed by atoms with Crippen LogP contribution in [0.1, 0.15) is 0 Å². The average Bonchev–Trinajstić information content (AvgIpc) is 2.74. The molecule has 0 aliphatic carbocycles. The molecule has 1 N–H and O–H groups in total. The number of halogens is 1. The molecule has 17 heavy (non-hydrogen) atoms. The van der Waals surface area contributed by atoms with Gasteiger partial charge in [-0.3, -0.25) is 4.40 Å². The Morgan fingerprint density at radius 3 is 2.82 bits per heavy atom. The summed E-state index contributed by atoms with van der Waals surface area (Å²) in [6.45, 7) is 0. The van der Waals surface area contributed by atoms with Gasteiger partial charge in [-0.2, -0.15) is 0 Å². The van der Waals surface area contributed by atoms with Crippen LogP contribution in [0.5, 0.6) is 5.75 Å². The number of pyridine rings is 1. The summed E-state index contributed by atoms with van der Waals surface area (Å²) >= 11 is 3.42. The maximum absolute atomic E-state index is 9.65. The highest BCUT2D eigenvalue weighted by atomic mass is 79.9. The van der Waals surface area contributed by atoms with Crippen molar-refractivity contribution in [2.75, 3.05) is 0 Å². The Balaban J connectivity index is 2.28. The van der Waals surface area contributed by atoms with Gasteiger partial charge in [0.15, 0.2) is 11.6 Å². The highest BCUT2D eigenvalue weighted by Gasteiger charge is 2.10. The van der Waals surface area contributed by atoms with E-state index in [1.165, 1.54) is 0 Å². The van der Waals surface area contributed by atoms with E-state index in [4.69, 9.17) is 0 Å². The van der Waals surface area contributed by atoms with Gasteiger partial charge in [0.25, 0.3) is 0 Å². The molecule has 2 heterocycles. The van der Waals surface area contributed by atoms with Crippen molar-refractivity contribution in [1.29, 1.82) is 0 Å². The monoisotopic (exact) mass is 289 g/mol. The summed E-state index contributed by atoms with van der Waals surface area (Å²) in [5.41, 5.74) is 1.40.